The summed E-state index contributed by atoms with van der Waals surface area (Å²) in [5.74, 6) is 0. The summed E-state index contributed by atoms with van der Waals surface area (Å²) < 4.78 is 5.16. The Morgan fingerprint density at radius 3 is 2.11 bits per heavy atom. The maximum absolute atomic E-state index is 5.95. The first-order valence-electron chi connectivity index (χ1n) is 9.15. The summed E-state index contributed by atoms with van der Waals surface area (Å²) >= 11 is 3.63. The molecule has 6 rings (SSSR count). The number of hydrogen-bond donors (Lipinski definition) is 2. The van der Waals surface area contributed by atoms with Crippen LogP contribution >= 0.6 is 22.7 Å². The van der Waals surface area contributed by atoms with Gasteiger partial charge >= 0.3 is 0 Å². The molecule has 0 unspecified atom stereocenters. The van der Waals surface area contributed by atoms with Crippen LogP contribution < -0.4 is 11.1 Å². The van der Waals surface area contributed by atoms with Crippen molar-refractivity contribution in [3.63, 3.8) is 0 Å². The summed E-state index contributed by atoms with van der Waals surface area (Å²) in [6.07, 6.45) is 0. The van der Waals surface area contributed by atoms with Crippen LogP contribution in [0.1, 0.15) is 0 Å². The van der Waals surface area contributed by atoms with E-state index in [-0.39, 0.29) is 0 Å². The van der Waals surface area contributed by atoms with E-state index in [1.54, 1.807) is 11.3 Å². The molecule has 0 saturated heterocycles. The number of thiophene rings is 2. The summed E-state index contributed by atoms with van der Waals surface area (Å²) in [4.78, 5) is 0. The van der Waals surface area contributed by atoms with Gasteiger partial charge in [0.25, 0.3) is 0 Å². The molecule has 0 amide bonds. The Labute approximate surface area is 169 Å². The van der Waals surface area contributed by atoms with Gasteiger partial charge in [0.2, 0.25) is 0 Å². The van der Waals surface area contributed by atoms with Gasteiger partial charge in [-0.05, 0) is 48.5 Å². The van der Waals surface area contributed by atoms with E-state index in [2.05, 4.69) is 78.1 Å². The molecule has 134 valence electrons. The van der Waals surface area contributed by atoms with Crippen molar-refractivity contribution in [2.45, 2.75) is 0 Å². The SMILES string of the molecule is Nc1ccc2c(c1)sc1cc(Nc3ccc4sc5ccccc5c4c3)ccc12. The number of rotatable bonds is 2. The number of anilines is 3. The fourth-order valence-electron chi connectivity index (χ4n) is 3.84. The summed E-state index contributed by atoms with van der Waals surface area (Å²) in [5, 5.41) is 8.77. The van der Waals surface area contributed by atoms with E-state index in [0.717, 1.165) is 17.1 Å². The molecule has 0 aliphatic rings. The molecule has 0 radical (unpaired) electrons. The maximum atomic E-state index is 5.95. The van der Waals surface area contributed by atoms with Gasteiger partial charge in [0.05, 0.1) is 0 Å². The largest absolute Gasteiger partial charge is 0.399 e. The second-order valence-corrected chi connectivity index (χ2v) is 9.17. The van der Waals surface area contributed by atoms with Gasteiger partial charge in [-0.2, -0.15) is 0 Å². The molecule has 2 aromatic heterocycles. The minimum absolute atomic E-state index is 0.814. The summed E-state index contributed by atoms with van der Waals surface area (Å²) in [6, 6.07) is 28.0. The molecule has 6 aromatic rings. The Morgan fingerprint density at radius 1 is 0.536 bits per heavy atom. The van der Waals surface area contributed by atoms with Crippen molar-refractivity contribution in [2.75, 3.05) is 11.1 Å². The Balaban J connectivity index is 1.43. The zero-order valence-electron chi connectivity index (χ0n) is 14.9. The van der Waals surface area contributed by atoms with Crippen LogP contribution in [0.2, 0.25) is 0 Å². The lowest BCUT2D eigenvalue weighted by Crippen LogP contribution is -1.89. The Bertz CT molecular complexity index is 1510. The van der Waals surface area contributed by atoms with Gasteiger partial charge in [-0.15, -0.1) is 22.7 Å². The van der Waals surface area contributed by atoms with Crippen molar-refractivity contribution >= 4 is 80.1 Å². The van der Waals surface area contributed by atoms with Crippen LogP contribution in [-0.2, 0) is 0 Å². The normalized spacial score (nSPS) is 11.7. The molecule has 2 heterocycles. The van der Waals surface area contributed by atoms with E-state index in [0.29, 0.717) is 0 Å². The van der Waals surface area contributed by atoms with Gasteiger partial charge in [0, 0.05) is 57.4 Å². The van der Waals surface area contributed by atoms with Gasteiger partial charge < -0.3 is 11.1 Å². The molecule has 0 spiro atoms. The molecule has 2 nitrogen and oxygen atoms in total. The minimum atomic E-state index is 0.814. The van der Waals surface area contributed by atoms with Crippen LogP contribution in [0.3, 0.4) is 0 Å². The lowest BCUT2D eigenvalue weighted by molar-refractivity contribution is 1.61. The van der Waals surface area contributed by atoms with Crippen molar-refractivity contribution in [3.05, 3.63) is 78.9 Å². The third-order valence-electron chi connectivity index (χ3n) is 5.16. The standard InChI is InChI=1S/C24H16N2S2/c25-14-5-8-18-19-9-6-16(13-24(19)28-23(18)11-14)26-15-7-10-22-20(12-15)17-3-1-2-4-21(17)27-22/h1-13,26H,25H2. The monoisotopic (exact) mass is 396 g/mol. The first kappa shape index (κ1) is 15.9. The highest BCUT2D eigenvalue weighted by molar-refractivity contribution is 7.26. The number of nitrogens with one attached hydrogen (secondary N) is 1. The van der Waals surface area contributed by atoms with E-state index >= 15 is 0 Å². The summed E-state index contributed by atoms with van der Waals surface area (Å²) in [7, 11) is 0. The van der Waals surface area contributed by atoms with Crippen molar-refractivity contribution in [1.82, 2.24) is 0 Å². The highest BCUT2D eigenvalue weighted by atomic mass is 32.1. The maximum Gasteiger partial charge on any atom is 0.0398 e. The third kappa shape index (κ3) is 2.46. The van der Waals surface area contributed by atoms with Crippen molar-refractivity contribution in [3.8, 4) is 0 Å². The van der Waals surface area contributed by atoms with Crippen LogP contribution in [0.4, 0.5) is 17.1 Å². The number of hydrogen-bond acceptors (Lipinski definition) is 4. The molecule has 0 aliphatic carbocycles. The first-order valence-corrected chi connectivity index (χ1v) is 10.8. The average Bonchev–Trinajstić information content (AvgIpc) is 3.24. The number of fused-ring (bicyclic) bond motifs is 6. The Morgan fingerprint density at radius 2 is 1.18 bits per heavy atom. The van der Waals surface area contributed by atoms with Gasteiger partial charge in [0.1, 0.15) is 0 Å². The van der Waals surface area contributed by atoms with Crippen molar-refractivity contribution < 1.29 is 0 Å². The number of nitrogen functional groups attached to an aromatic ring is 1. The Kier molecular flexibility index (Phi) is 3.39. The Hall–Kier alpha value is -3.08. The molecule has 0 saturated carbocycles. The zero-order chi connectivity index (χ0) is 18.7. The van der Waals surface area contributed by atoms with Crippen LogP contribution in [-0.4, -0.2) is 0 Å². The highest BCUT2D eigenvalue weighted by Gasteiger charge is 2.08. The fourth-order valence-corrected chi connectivity index (χ4v) is 6.12. The minimum Gasteiger partial charge on any atom is -0.399 e. The second kappa shape index (κ2) is 5.96. The van der Waals surface area contributed by atoms with Crippen LogP contribution in [0.25, 0.3) is 40.3 Å². The van der Waals surface area contributed by atoms with Crippen LogP contribution in [0.5, 0.6) is 0 Å². The van der Waals surface area contributed by atoms with Gasteiger partial charge in [-0.25, -0.2) is 0 Å². The average molecular weight is 397 g/mol. The second-order valence-electron chi connectivity index (χ2n) is 7.00. The summed E-state index contributed by atoms with van der Waals surface area (Å²) in [6.45, 7) is 0. The van der Waals surface area contributed by atoms with E-state index < -0.39 is 0 Å². The molecule has 3 N–H and O–H groups in total. The topological polar surface area (TPSA) is 38.0 Å². The predicted molar refractivity (Wildman–Crippen MR) is 126 cm³/mol. The number of benzene rings is 4. The summed E-state index contributed by atoms with van der Waals surface area (Å²) in [5.41, 5.74) is 8.98. The van der Waals surface area contributed by atoms with Crippen LogP contribution in [0.15, 0.2) is 78.9 Å². The molecule has 0 bridgehead atoms. The predicted octanol–water partition coefficient (Wildman–Crippen LogP) is 7.75. The molecular weight excluding hydrogens is 380 g/mol. The van der Waals surface area contributed by atoms with E-state index in [4.69, 9.17) is 5.73 Å². The quantitative estimate of drug-likeness (QED) is 0.294. The van der Waals surface area contributed by atoms with Crippen molar-refractivity contribution in [1.29, 1.82) is 0 Å². The van der Waals surface area contributed by atoms with Gasteiger partial charge in [-0.3, -0.25) is 0 Å². The number of nitrogens with two attached hydrogens (primary N) is 1. The highest BCUT2D eigenvalue weighted by Crippen LogP contribution is 2.38. The van der Waals surface area contributed by atoms with Gasteiger partial charge in [-0.1, -0.05) is 30.3 Å². The molecule has 4 aromatic carbocycles. The smallest absolute Gasteiger partial charge is 0.0398 e. The molecule has 28 heavy (non-hydrogen) atoms. The van der Waals surface area contributed by atoms with Gasteiger partial charge in [0.15, 0.2) is 0 Å². The van der Waals surface area contributed by atoms with E-state index in [1.165, 1.54) is 40.3 Å². The van der Waals surface area contributed by atoms with Crippen molar-refractivity contribution in [2.24, 2.45) is 0 Å². The van der Waals surface area contributed by atoms with E-state index in [9.17, 15) is 0 Å². The molecule has 0 atom stereocenters. The molecule has 4 heteroatoms. The molecule has 0 fully saturated rings. The van der Waals surface area contributed by atoms with Crippen LogP contribution in [0, 0.1) is 0 Å². The first-order chi connectivity index (χ1) is 13.7. The lowest BCUT2D eigenvalue weighted by Gasteiger charge is -2.07. The van der Waals surface area contributed by atoms with E-state index in [1.807, 2.05) is 17.4 Å². The zero-order valence-corrected chi connectivity index (χ0v) is 16.5. The fraction of sp³-hybridized carbons (Fsp3) is 0. The molecular formula is C24H16N2S2. The lowest BCUT2D eigenvalue weighted by atomic mass is 10.1. The third-order valence-corrected chi connectivity index (χ3v) is 7.43. The molecule has 0 aliphatic heterocycles.